The summed E-state index contributed by atoms with van der Waals surface area (Å²) in [6, 6.07) is 5.76. The molecule has 1 aromatic rings. The average Bonchev–Trinajstić information content (AvgIpc) is 2.38. The number of ether oxygens (including phenoxy) is 1. The number of esters is 1. The van der Waals surface area contributed by atoms with Crippen LogP contribution in [0.4, 0.5) is 0 Å². The standard InChI is InChI=1S/C13H17NO4/c1-2-7-18-13(17)12(14-9-15)8-10-3-5-11(16)6-4-10/h3-6,9,12,16H,2,7-8H2,1H3,(H,14,15)/t12-/m0/s1. The van der Waals surface area contributed by atoms with Crippen LogP contribution in [0, 0.1) is 0 Å². The molecule has 5 nitrogen and oxygen atoms in total. The lowest BCUT2D eigenvalue weighted by atomic mass is 10.1. The number of benzene rings is 1. The fourth-order valence-corrected chi connectivity index (χ4v) is 1.46. The van der Waals surface area contributed by atoms with Gasteiger partial charge in [0.15, 0.2) is 0 Å². The smallest absolute Gasteiger partial charge is 0.328 e. The number of amides is 1. The molecule has 1 amide bonds. The maximum atomic E-state index is 11.7. The molecule has 1 aromatic carbocycles. The number of hydrogen-bond donors (Lipinski definition) is 2. The molecule has 0 spiro atoms. The molecule has 98 valence electrons. The number of carbonyl (C=O) groups excluding carboxylic acids is 2. The first kappa shape index (κ1) is 14.0. The van der Waals surface area contributed by atoms with E-state index < -0.39 is 12.0 Å². The van der Waals surface area contributed by atoms with Crippen LogP contribution in [0.3, 0.4) is 0 Å². The van der Waals surface area contributed by atoms with E-state index in [1.54, 1.807) is 12.1 Å². The van der Waals surface area contributed by atoms with Crippen LogP contribution in [0.1, 0.15) is 18.9 Å². The quantitative estimate of drug-likeness (QED) is 0.560. The van der Waals surface area contributed by atoms with Crippen molar-refractivity contribution in [2.75, 3.05) is 6.61 Å². The number of carbonyl (C=O) groups is 2. The Morgan fingerprint density at radius 2 is 2.11 bits per heavy atom. The highest BCUT2D eigenvalue weighted by Gasteiger charge is 2.19. The molecule has 18 heavy (non-hydrogen) atoms. The van der Waals surface area contributed by atoms with Crippen LogP contribution in [0.15, 0.2) is 24.3 Å². The van der Waals surface area contributed by atoms with E-state index >= 15 is 0 Å². The Kier molecular flexibility index (Phi) is 5.70. The van der Waals surface area contributed by atoms with E-state index in [1.807, 2.05) is 6.92 Å². The van der Waals surface area contributed by atoms with Crippen molar-refractivity contribution < 1.29 is 19.4 Å². The van der Waals surface area contributed by atoms with Gasteiger partial charge in [0.2, 0.25) is 6.41 Å². The molecule has 1 atom stereocenters. The van der Waals surface area contributed by atoms with Gasteiger partial charge in [-0.25, -0.2) is 4.79 Å². The van der Waals surface area contributed by atoms with Crippen LogP contribution in [0.25, 0.3) is 0 Å². The molecule has 0 aliphatic carbocycles. The second kappa shape index (κ2) is 7.32. The topological polar surface area (TPSA) is 75.6 Å². The number of aromatic hydroxyl groups is 1. The minimum atomic E-state index is -0.696. The van der Waals surface area contributed by atoms with E-state index in [9.17, 15) is 9.59 Å². The van der Waals surface area contributed by atoms with Gasteiger partial charge in [-0.1, -0.05) is 19.1 Å². The summed E-state index contributed by atoms with van der Waals surface area (Å²) in [6.45, 7) is 2.24. The highest BCUT2D eigenvalue weighted by atomic mass is 16.5. The lowest BCUT2D eigenvalue weighted by Gasteiger charge is -2.15. The van der Waals surface area contributed by atoms with Gasteiger partial charge in [0, 0.05) is 6.42 Å². The van der Waals surface area contributed by atoms with Crippen molar-refractivity contribution in [2.45, 2.75) is 25.8 Å². The van der Waals surface area contributed by atoms with Crippen molar-refractivity contribution >= 4 is 12.4 Å². The Labute approximate surface area is 106 Å². The normalized spacial score (nSPS) is 11.6. The SMILES string of the molecule is CCCOC(=O)[C@H](Cc1ccc(O)cc1)NC=O. The molecule has 0 fully saturated rings. The largest absolute Gasteiger partial charge is 0.508 e. The van der Waals surface area contributed by atoms with Crippen LogP contribution in [0.5, 0.6) is 5.75 Å². The molecule has 0 radical (unpaired) electrons. The average molecular weight is 251 g/mol. The van der Waals surface area contributed by atoms with Gasteiger partial charge in [0.1, 0.15) is 11.8 Å². The van der Waals surface area contributed by atoms with Crippen molar-refractivity contribution in [3.63, 3.8) is 0 Å². The Balaban J connectivity index is 2.64. The summed E-state index contributed by atoms with van der Waals surface area (Å²) >= 11 is 0. The zero-order valence-corrected chi connectivity index (χ0v) is 10.3. The van der Waals surface area contributed by atoms with Crippen LogP contribution in [0.2, 0.25) is 0 Å². The summed E-state index contributed by atoms with van der Waals surface area (Å²) in [7, 11) is 0. The number of hydrogen-bond acceptors (Lipinski definition) is 4. The van der Waals surface area contributed by atoms with Crippen LogP contribution < -0.4 is 5.32 Å². The first-order chi connectivity index (χ1) is 8.67. The zero-order valence-electron chi connectivity index (χ0n) is 10.3. The van der Waals surface area contributed by atoms with Gasteiger partial charge in [-0.15, -0.1) is 0 Å². The van der Waals surface area contributed by atoms with E-state index in [2.05, 4.69) is 5.32 Å². The highest BCUT2D eigenvalue weighted by Crippen LogP contribution is 2.11. The summed E-state index contributed by atoms with van der Waals surface area (Å²) < 4.78 is 4.99. The van der Waals surface area contributed by atoms with Gasteiger partial charge >= 0.3 is 5.97 Å². The number of phenols is 1. The van der Waals surface area contributed by atoms with Gasteiger partial charge in [-0.3, -0.25) is 4.79 Å². The summed E-state index contributed by atoms with van der Waals surface area (Å²) in [6.07, 6.45) is 1.55. The van der Waals surface area contributed by atoms with Crippen molar-refractivity contribution in [1.29, 1.82) is 0 Å². The lowest BCUT2D eigenvalue weighted by Crippen LogP contribution is -2.39. The van der Waals surface area contributed by atoms with Crippen LogP contribution >= 0.6 is 0 Å². The molecule has 0 aromatic heterocycles. The summed E-state index contributed by atoms with van der Waals surface area (Å²) in [5.74, 6) is -0.288. The predicted octanol–water partition coefficient (Wildman–Crippen LogP) is 1.00. The summed E-state index contributed by atoms with van der Waals surface area (Å²) in [5.41, 5.74) is 0.834. The third-order valence-corrected chi connectivity index (χ3v) is 2.38. The van der Waals surface area contributed by atoms with Crippen molar-refractivity contribution in [2.24, 2.45) is 0 Å². The van der Waals surface area contributed by atoms with E-state index in [4.69, 9.17) is 9.84 Å². The fraction of sp³-hybridized carbons (Fsp3) is 0.385. The molecular weight excluding hydrogens is 234 g/mol. The van der Waals surface area contributed by atoms with Crippen molar-refractivity contribution in [1.82, 2.24) is 5.32 Å². The molecule has 0 heterocycles. The molecule has 1 rings (SSSR count). The predicted molar refractivity (Wildman–Crippen MR) is 66.0 cm³/mol. The van der Waals surface area contributed by atoms with E-state index in [0.717, 1.165) is 12.0 Å². The van der Waals surface area contributed by atoms with Crippen molar-refractivity contribution in [3.8, 4) is 5.75 Å². The van der Waals surface area contributed by atoms with E-state index in [-0.39, 0.29) is 5.75 Å². The molecule has 0 saturated heterocycles. The second-order valence-corrected chi connectivity index (χ2v) is 3.88. The fourth-order valence-electron chi connectivity index (χ4n) is 1.46. The monoisotopic (exact) mass is 251 g/mol. The van der Waals surface area contributed by atoms with Crippen molar-refractivity contribution in [3.05, 3.63) is 29.8 Å². The van der Waals surface area contributed by atoms with E-state index in [1.165, 1.54) is 12.1 Å². The highest BCUT2D eigenvalue weighted by molar-refractivity contribution is 5.78. The maximum Gasteiger partial charge on any atom is 0.328 e. The molecule has 2 N–H and O–H groups in total. The Bertz CT molecular complexity index is 388. The molecule has 0 saturated carbocycles. The molecule has 0 aliphatic heterocycles. The molecule has 5 heteroatoms. The Hall–Kier alpha value is -2.04. The van der Waals surface area contributed by atoms with E-state index in [0.29, 0.717) is 19.4 Å². The van der Waals surface area contributed by atoms with Gasteiger partial charge in [0.05, 0.1) is 6.61 Å². The van der Waals surface area contributed by atoms with Gasteiger partial charge in [-0.05, 0) is 24.1 Å². The molecule has 0 bridgehead atoms. The summed E-state index contributed by atoms with van der Waals surface area (Å²) in [4.78, 5) is 22.1. The zero-order chi connectivity index (χ0) is 13.4. The third-order valence-electron chi connectivity index (χ3n) is 2.38. The molecular formula is C13H17NO4. The summed E-state index contributed by atoms with van der Waals surface area (Å²) in [5, 5.41) is 11.6. The maximum absolute atomic E-state index is 11.7. The first-order valence-electron chi connectivity index (χ1n) is 5.81. The second-order valence-electron chi connectivity index (χ2n) is 3.88. The number of nitrogens with one attached hydrogen (secondary N) is 1. The third kappa shape index (κ3) is 4.45. The lowest BCUT2D eigenvalue weighted by molar-refractivity contribution is -0.147. The Morgan fingerprint density at radius 3 is 2.67 bits per heavy atom. The van der Waals surface area contributed by atoms with Crippen LogP contribution in [-0.2, 0) is 20.7 Å². The molecule has 0 unspecified atom stereocenters. The number of phenolic OH excluding ortho intramolecular Hbond substituents is 1. The van der Waals surface area contributed by atoms with Crippen LogP contribution in [-0.4, -0.2) is 30.1 Å². The molecule has 0 aliphatic rings. The number of rotatable bonds is 7. The minimum absolute atomic E-state index is 0.159. The van der Waals surface area contributed by atoms with Gasteiger partial charge in [-0.2, -0.15) is 0 Å². The Morgan fingerprint density at radius 1 is 1.44 bits per heavy atom. The first-order valence-corrected chi connectivity index (χ1v) is 5.81. The van der Waals surface area contributed by atoms with Gasteiger partial charge < -0.3 is 15.2 Å². The minimum Gasteiger partial charge on any atom is -0.508 e. The van der Waals surface area contributed by atoms with Gasteiger partial charge in [0.25, 0.3) is 0 Å².